The third-order valence-corrected chi connectivity index (χ3v) is 1.64. The van der Waals surface area contributed by atoms with Gasteiger partial charge in [0.1, 0.15) is 0 Å². The summed E-state index contributed by atoms with van der Waals surface area (Å²) in [5.74, 6) is -1.75. The van der Waals surface area contributed by atoms with Crippen molar-refractivity contribution in [3.8, 4) is 6.07 Å². The minimum atomic E-state index is -1.19. The summed E-state index contributed by atoms with van der Waals surface area (Å²) in [5.41, 5.74) is 0.860. The number of amides is 1. The summed E-state index contributed by atoms with van der Waals surface area (Å²) >= 11 is 0. The van der Waals surface area contributed by atoms with Crippen LogP contribution in [-0.4, -0.2) is 17.0 Å². The lowest BCUT2D eigenvalue weighted by atomic mass is 10.2. The average Bonchev–Trinajstić information content (AvgIpc) is 2.26. The summed E-state index contributed by atoms with van der Waals surface area (Å²) in [6, 6.07) is 8.24. The molecule has 1 aromatic carbocycles. The molecular formula is C11H8N2O3. The molecule has 0 bridgehead atoms. The highest BCUT2D eigenvalue weighted by Crippen LogP contribution is 2.09. The van der Waals surface area contributed by atoms with Crippen LogP contribution in [0.15, 0.2) is 36.4 Å². The van der Waals surface area contributed by atoms with Crippen LogP contribution in [0.2, 0.25) is 0 Å². The van der Waals surface area contributed by atoms with Crippen LogP contribution in [0.5, 0.6) is 0 Å². The van der Waals surface area contributed by atoms with Crippen molar-refractivity contribution < 1.29 is 14.7 Å². The minimum Gasteiger partial charge on any atom is -0.478 e. The fourth-order valence-electron chi connectivity index (χ4n) is 0.997. The maximum Gasteiger partial charge on any atom is 0.328 e. The lowest BCUT2D eigenvalue weighted by Crippen LogP contribution is -2.08. The van der Waals surface area contributed by atoms with Gasteiger partial charge in [-0.25, -0.2) is 4.79 Å². The van der Waals surface area contributed by atoms with E-state index in [2.05, 4.69) is 5.32 Å². The van der Waals surface area contributed by atoms with Crippen molar-refractivity contribution in [3.05, 3.63) is 42.0 Å². The van der Waals surface area contributed by atoms with E-state index in [9.17, 15) is 9.59 Å². The maximum absolute atomic E-state index is 11.2. The number of rotatable bonds is 3. The first-order chi connectivity index (χ1) is 7.61. The van der Waals surface area contributed by atoms with Gasteiger partial charge in [-0.05, 0) is 18.2 Å². The predicted octanol–water partition coefficient (Wildman–Crippen LogP) is 1.14. The van der Waals surface area contributed by atoms with Gasteiger partial charge in [-0.15, -0.1) is 0 Å². The Labute approximate surface area is 91.6 Å². The highest BCUT2D eigenvalue weighted by Gasteiger charge is 1.99. The number of carboxylic acid groups (broad SMARTS) is 1. The number of aliphatic carboxylic acids is 1. The molecule has 0 aliphatic rings. The molecule has 0 saturated carbocycles. The Hall–Kier alpha value is -2.61. The number of carbonyl (C=O) groups excluding carboxylic acids is 1. The van der Waals surface area contributed by atoms with Crippen LogP contribution in [0, 0.1) is 11.3 Å². The monoisotopic (exact) mass is 216 g/mol. The third kappa shape index (κ3) is 3.64. The first kappa shape index (κ1) is 11.5. The molecule has 0 heterocycles. The van der Waals surface area contributed by atoms with Crippen LogP contribution in [0.25, 0.3) is 0 Å². The van der Waals surface area contributed by atoms with E-state index in [1.165, 1.54) is 6.07 Å². The number of nitrogens with one attached hydrogen (secondary N) is 1. The minimum absolute atomic E-state index is 0.417. The van der Waals surface area contributed by atoms with E-state index in [-0.39, 0.29) is 0 Å². The number of carbonyl (C=O) groups is 2. The number of anilines is 1. The van der Waals surface area contributed by atoms with Crippen molar-refractivity contribution in [1.82, 2.24) is 0 Å². The van der Waals surface area contributed by atoms with Crippen LogP contribution >= 0.6 is 0 Å². The Morgan fingerprint density at radius 2 is 2.12 bits per heavy atom. The Morgan fingerprint density at radius 1 is 1.38 bits per heavy atom. The van der Waals surface area contributed by atoms with Crippen LogP contribution in [0.4, 0.5) is 5.69 Å². The van der Waals surface area contributed by atoms with Crippen LogP contribution in [0.1, 0.15) is 5.56 Å². The van der Waals surface area contributed by atoms with Gasteiger partial charge in [0, 0.05) is 17.8 Å². The molecule has 80 valence electrons. The molecule has 16 heavy (non-hydrogen) atoms. The quantitative estimate of drug-likeness (QED) is 0.741. The average molecular weight is 216 g/mol. The Bertz CT molecular complexity index is 486. The summed E-state index contributed by atoms with van der Waals surface area (Å²) in [6.07, 6.45) is 1.64. The number of hydrogen-bond acceptors (Lipinski definition) is 3. The van der Waals surface area contributed by atoms with Gasteiger partial charge in [-0.3, -0.25) is 4.79 Å². The number of nitrogens with zero attached hydrogens (tertiary/aromatic N) is 1. The molecule has 0 spiro atoms. The molecule has 0 aliphatic heterocycles. The summed E-state index contributed by atoms with van der Waals surface area (Å²) in [4.78, 5) is 21.3. The molecule has 5 heteroatoms. The second kappa shape index (κ2) is 5.32. The SMILES string of the molecule is N#Cc1cccc(NC(=O)C=CC(=O)O)c1. The van der Waals surface area contributed by atoms with Crippen molar-refractivity contribution in [2.45, 2.75) is 0 Å². The predicted molar refractivity (Wildman–Crippen MR) is 56.6 cm³/mol. The molecule has 1 amide bonds. The number of nitriles is 1. The van der Waals surface area contributed by atoms with E-state index in [0.717, 1.165) is 12.2 Å². The smallest absolute Gasteiger partial charge is 0.328 e. The topological polar surface area (TPSA) is 90.2 Å². The second-order valence-electron chi connectivity index (χ2n) is 2.85. The number of benzene rings is 1. The Morgan fingerprint density at radius 3 is 2.75 bits per heavy atom. The molecule has 0 unspecified atom stereocenters. The Balaban J connectivity index is 2.70. The molecular weight excluding hydrogens is 208 g/mol. The summed E-state index contributed by atoms with van der Waals surface area (Å²) in [7, 11) is 0. The largest absolute Gasteiger partial charge is 0.478 e. The first-order valence-corrected chi connectivity index (χ1v) is 4.34. The maximum atomic E-state index is 11.2. The van der Waals surface area contributed by atoms with E-state index >= 15 is 0 Å². The molecule has 0 atom stereocenters. The van der Waals surface area contributed by atoms with Crippen LogP contribution < -0.4 is 5.32 Å². The summed E-state index contributed by atoms with van der Waals surface area (Å²) in [6.45, 7) is 0. The highest BCUT2D eigenvalue weighted by atomic mass is 16.4. The lowest BCUT2D eigenvalue weighted by Gasteiger charge is -2.01. The number of carboxylic acids is 1. The molecule has 0 aliphatic carbocycles. The van der Waals surface area contributed by atoms with Crippen molar-refractivity contribution >= 4 is 17.6 Å². The lowest BCUT2D eigenvalue weighted by molar-refractivity contribution is -0.131. The van der Waals surface area contributed by atoms with Gasteiger partial charge in [-0.2, -0.15) is 5.26 Å². The van der Waals surface area contributed by atoms with Gasteiger partial charge in [0.05, 0.1) is 11.6 Å². The molecule has 1 aromatic rings. The van der Waals surface area contributed by atoms with Crippen molar-refractivity contribution in [1.29, 1.82) is 5.26 Å². The zero-order valence-electron chi connectivity index (χ0n) is 8.18. The van der Waals surface area contributed by atoms with Crippen molar-refractivity contribution in [2.24, 2.45) is 0 Å². The van der Waals surface area contributed by atoms with Crippen molar-refractivity contribution in [3.63, 3.8) is 0 Å². The fourth-order valence-corrected chi connectivity index (χ4v) is 0.997. The normalized spacial score (nSPS) is 9.69. The van der Waals surface area contributed by atoms with Gasteiger partial charge >= 0.3 is 5.97 Å². The van der Waals surface area contributed by atoms with E-state index < -0.39 is 11.9 Å². The molecule has 5 nitrogen and oxygen atoms in total. The zero-order valence-corrected chi connectivity index (χ0v) is 8.18. The van der Waals surface area contributed by atoms with E-state index in [0.29, 0.717) is 11.3 Å². The van der Waals surface area contributed by atoms with E-state index in [1.54, 1.807) is 18.2 Å². The van der Waals surface area contributed by atoms with Gasteiger partial charge in [0.25, 0.3) is 0 Å². The van der Waals surface area contributed by atoms with Gasteiger partial charge in [0.2, 0.25) is 5.91 Å². The third-order valence-electron chi connectivity index (χ3n) is 1.64. The molecule has 0 radical (unpaired) electrons. The standard InChI is InChI=1S/C11H8N2O3/c12-7-8-2-1-3-9(6-8)13-10(14)4-5-11(15)16/h1-6H,(H,13,14)(H,15,16). The van der Waals surface area contributed by atoms with Crippen molar-refractivity contribution in [2.75, 3.05) is 5.32 Å². The molecule has 1 rings (SSSR count). The van der Waals surface area contributed by atoms with Crippen LogP contribution in [-0.2, 0) is 9.59 Å². The zero-order chi connectivity index (χ0) is 12.0. The van der Waals surface area contributed by atoms with Crippen LogP contribution in [0.3, 0.4) is 0 Å². The molecule has 0 saturated heterocycles. The van der Waals surface area contributed by atoms with Gasteiger partial charge in [0.15, 0.2) is 0 Å². The molecule has 0 fully saturated rings. The highest BCUT2D eigenvalue weighted by molar-refractivity contribution is 6.02. The van der Waals surface area contributed by atoms with Gasteiger partial charge in [-0.1, -0.05) is 6.07 Å². The summed E-state index contributed by atoms with van der Waals surface area (Å²) in [5, 5.41) is 19.4. The van der Waals surface area contributed by atoms with E-state index in [1.807, 2.05) is 6.07 Å². The molecule has 0 aromatic heterocycles. The Kier molecular flexibility index (Phi) is 3.81. The summed E-state index contributed by atoms with van der Waals surface area (Å²) < 4.78 is 0. The van der Waals surface area contributed by atoms with Gasteiger partial charge < -0.3 is 10.4 Å². The first-order valence-electron chi connectivity index (χ1n) is 4.34. The van der Waals surface area contributed by atoms with E-state index in [4.69, 9.17) is 10.4 Å². The number of hydrogen-bond donors (Lipinski definition) is 2. The fraction of sp³-hybridized carbons (Fsp3) is 0. The second-order valence-corrected chi connectivity index (χ2v) is 2.85. The molecule has 2 N–H and O–H groups in total.